The topological polar surface area (TPSA) is 97.9 Å². The molecule has 0 saturated carbocycles. The van der Waals surface area contributed by atoms with E-state index in [0.717, 1.165) is 16.8 Å². The van der Waals surface area contributed by atoms with Crippen LogP contribution in [-0.2, 0) is 6.54 Å². The summed E-state index contributed by atoms with van der Waals surface area (Å²) in [6.45, 7) is 5.38. The van der Waals surface area contributed by atoms with E-state index >= 15 is 0 Å². The summed E-state index contributed by atoms with van der Waals surface area (Å²) in [5.74, 6) is -0.619. The van der Waals surface area contributed by atoms with Gasteiger partial charge in [-0.15, -0.1) is 8.78 Å². The number of benzene rings is 2. The second-order valence-electron chi connectivity index (χ2n) is 9.43. The molecule has 0 atom stereocenters. The van der Waals surface area contributed by atoms with Crippen LogP contribution in [-0.4, -0.2) is 57.6 Å². The summed E-state index contributed by atoms with van der Waals surface area (Å²) < 4.78 is 29.9. The molecule has 5 rings (SSSR count). The molecule has 2 aliphatic rings. The molecule has 2 amide bonds. The van der Waals surface area contributed by atoms with E-state index in [-0.39, 0.29) is 17.7 Å². The van der Waals surface area contributed by atoms with Crippen LogP contribution in [0.2, 0.25) is 0 Å². The van der Waals surface area contributed by atoms with Crippen molar-refractivity contribution in [2.75, 3.05) is 23.3 Å². The van der Waals surface area contributed by atoms with Crippen molar-refractivity contribution in [1.82, 2.24) is 9.88 Å². The summed E-state index contributed by atoms with van der Waals surface area (Å²) in [7, 11) is 0. The molecule has 0 spiro atoms. The molecule has 37 heavy (non-hydrogen) atoms. The highest BCUT2D eigenvalue weighted by Crippen LogP contribution is 2.37. The number of hydrogen-bond acceptors (Lipinski definition) is 5. The van der Waals surface area contributed by atoms with E-state index in [4.69, 9.17) is 11.6 Å². The van der Waals surface area contributed by atoms with Crippen LogP contribution in [0, 0.1) is 0 Å². The van der Waals surface area contributed by atoms with Gasteiger partial charge in [-0.25, -0.2) is 0 Å². The molecule has 0 unspecified atom stereocenters. The Hall–Kier alpha value is -3.63. The molecule has 3 aromatic rings. The summed E-state index contributed by atoms with van der Waals surface area (Å²) in [4.78, 5) is 32.9. The Morgan fingerprint density at radius 1 is 1.19 bits per heavy atom. The average Bonchev–Trinajstić information content (AvgIpc) is 3.36. The number of hydrogen-bond donors (Lipinski definition) is 3. The first-order chi connectivity index (χ1) is 17.5. The number of aromatic nitrogens is 1. The number of fused-ring (bicyclic) bond motifs is 1. The first-order valence-electron chi connectivity index (χ1n) is 11.8. The maximum absolute atomic E-state index is 13.0. The summed E-state index contributed by atoms with van der Waals surface area (Å²) in [6.07, 6.45) is -0.420. The monoisotopic (exact) mass is 530 g/mol. The number of ether oxygens (including phenoxy) is 1. The van der Waals surface area contributed by atoms with E-state index in [0.29, 0.717) is 42.3 Å². The third kappa shape index (κ3) is 5.12. The molecular formula is C26H25ClF2N4O4. The number of alkyl halides is 3. The number of rotatable bonds is 7. The van der Waals surface area contributed by atoms with Gasteiger partial charge < -0.3 is 29.9 Å². The highest BCUT2D eigenvalue weighted by molar-refractivity contribution is 6.20. The zero-order valence-electron chi connectivity index (χ0n) is 20.1. The highest BCUT2D eigenvalue weighted by Gasteiger charge is 2.33. The van der Waals surface area contributed by atoms with E-state index in [1.54, 1.807) is 17.0 Å². The zero-order chi connectivity index (χ0) is 26.5. The van der Waals surface area contributed by atoms with Gasteiger partial charge in [0.05, 0.1) is 6.10 Å². The van der Waals surface area contributed by atoms with Gasteiger partial charge in [-0.2, -0.15) is 0 Å². The van der Waals surface area contributed by atoms with Crippen LogP contribution in [0.25, 0.3) is 11.3 Å². The number of carbonyl (C=O) groups is 2. The molecule has 11 heteroatoms. The number of H-pyrrole nitrogens is 1. The van der Waals surface area contributed by atoms with E-state index < -0.39 is 17.6 Å². The van der Waals surface area contributed by atoms with Crippen molar-refractivity contribution in [2.45, 2.75) is 38.1 Å². The second kappa shape index (κ2) is 9.35. The Kier molecular flexibility index (Phi) is 6.33. The lowest BCUT2D eigenvalue weighted by molar-refractivity contribution is -0.0964. The van der Waals surface area contributed by atoms with Crippen molar-refractivity contribution in [3.63, 3.8) is 0 Å². The molecule has 3 heterocycles. The average molecular weight is 531 g/mol. The molecule has 2 aliphatic heterocycles. The predicted octanol–water partition coefficient (Wildman–Crippen LogP) is 4.65. The van der Waals surface area contributed by atoms with Crippen molar-refractivity contribution in [3.8, 4) is 17.0 Å². The number of anilines is 2. The van der Waals surface area contributed by atoms with Gasteiger partial charge in [-0.1, -0.05) is 0 Å². The Morgan fingerprint density at radius 2 is 1.89 bits per heavy atom. The number of aliphatic hydroxyl groups is 1. The number of aliphatic hydroxyl groups excluding tert-OH is 1. The van der Waals surface area contributed by atoms with Crippen molar-refractivity contribution >= 4 is 34.8 Å². The fourth-order valence-electron chi connectivity index (χ4n) is 4.54. The van der Waals surface area contributed by atoms with Gasteiger partial charge in [0.15, 0.2) is 0 Å². The Morgan fingerprint density at radius 3 is 2.49 bits per heavy atom. The Bertz CT molecular complexity index is 1350. The maximum Gasteiger partial charge on any atom is 0.487 e. The molecule has 0 radical (unpaired) electrons. The Balaban J connectivity index is 1.41. The number of β-amino-alcohol motifs (C(OH)–C–C–N with tert-alkyl or cyclic N) is 1. The number of nitrogens with zero attached hydrogens (tertiary/aromatic N) is 2. The number of aromatic amines is 1. The normalized spacial score (nSPS) is 15.7. The number of nitrogens with one attached hydrogen (secondary N) is 2. The zero-order valence-corrected chi connectivity index (χ0v) is 20.9. The largest absolute Gasteiger partial charge is 0.487 e. The fourth-order valence-corrected chi connectivity index (χ4v) is 4.63. The molecule has 1 aromatic heterocycles. The van der Waals surface area contributed by atoms with Crippen molar-refractivity contribution in [1.29, 1.82) is 0 Å². The van der Waals surface area contributed by atoms with Crippen LogP contribution in [0.5, 0.6) is 5.75 Å². The first-order valence-corrected chi connectivity index (χ1v) is 12.1. The Labute approximate surface area is 216 Å². The molecule has 1 fully saturated rings. The highest BCUT2D eigenvalue weighted by atomic mass is 35.5. The van der Waals surface area contributed by atoms with Crippen LogP contribution in [0.4, 0.5) is 20.2 Å². The minimum atomic E-state index is -3.83. The minimum Gasteiger partial charge on any atom is -0.420 e. The molecule has 2 aromatic carbocycles. The molecule has 0 bridgehead atoms. The lowest BCUT2D eigenvalue weighted by atomic mass is 10.0. The maximum atomic E-state index is 13.0. The van der Waals surface area contributed by atoms with Gasteiger partial charge in [-0.3, -0.25) is 9.59 Å². The van der Waals surface area contributed by atoms with Gasteiger partial charge in [-0.05, 0) is 62.4 Å². The van der Waals surface area contributed by atoms with Gasteiger partial charge in [0.1, 0.15) is 11.4 Å². The lowest BCUT2D eigenvalue weighted by Crippen LogP contribution is -2.51. The van der Waals surface area contributed by atoms with Gasteiger partial charge in [0.2, 0.25) is 0 Å². The van der Waals surface area contributed by atoms with E-state index in [2.05, 4.69) is 15.0 Å². The van der Waals surface area contributed by atoms with Crippen LogP contribution >= 0.6 is 11.6 Å². The number of carbonyl (C=O) groups excluding carboxylic acids is 2. The number of amides is 2. The smallest absolute Gasteiger partial charge is 0.420 e. The van der Waals surface area contributed by atoms with Crippen molar-refractivity contribution in [3.05, 3.63) is 65.4 Å². The van der Waals surface area contributed by atoms with Crippen molar-refractivity contribution < 1.29 is 28.2 Å². The van der Waals surface area contributed by atoms with Gasteiger partial charge in [0.25, 0.3) is 11.8 Å². The van der Waals surface area contributed by atoms with Crippen LogP contribution in [0.15, 0.2) is 48.5 Å². The molecule has 0 aliphatic carbocycles. The van der Waals surface area contributed by atoms with Crippen LogP contribution in [0.1, 0.15) is 40.3 Å². The summed E-state index contributed by atoms with van der Waals surface area (Å²) in [5, 5.41) is 12.6. The molecule has 194 valence electrons. The lowest BCUT2D eigenvalue weighted by Gasteiger charge is -2.39. The third-order valence-corrected chi connectivity index (χ3v) is 6.51. The molecule has 3 N–H and O–H groups in total. The van der Waals surface area contributed by atoms with E-state index in [1.165, 1.54) is 24.3 Å². The van der Waals surface area contributed by atoms with Gasteiger partial charge in [0, 0.05) is 71.0 Å². The third-order valence-electron chi connectivity index (χ3n) is 6.44. The summed E-state index contributed by atoms with van der Waals surface area (Å²) >= 11 is 4.78. The van der Waals surface area contributed by atoms with Crippen molar-refractivity contribution in [2.24, 2.45) is 0 Å². The second-order valence-corrected chi connectivity index (χ2v) is 9.87. The summed E-state index contributed by atoms with van der Waals surface area (Å²) in [5.41, 5.74) is 0.606. The number of halogens is 3. The first kappa shape index (κ1) is 25.0. The quantitative estimate of drug-likeness (QED) is 0.386. The minimum absolute atomic E-state index is 0.0644. The summed E-state index contributed by atoms with van der Waals surface area (Å²) in [6, 6.07) is 12.6. The SMILES string of the molecule is CC(C)N1Cc2cc(-c3cc(C(=O)Nc4ccc(OC(F)(F)Cl)cc4)ccc3N3CC(O)C3)[nH]c2C1=O. The fraction of sp³-hybridized carbons (Fsp3) is 0.308. The standard InChI is InChI=1S/C26H25ClF2N4O4/c1-14(2)33-11-16-10-21(31-23(16)25(33)36)20-9-15(3-8-22(20)32-12-18(34)13-32)24(35)30-17-4-6-19(7-5-17)37-26(27,28)29/h3-10,14,18,31,34H,11-13H2,1-2H3,(H,30,35). The van der Waals surface area contributed by atoms with Gasteiger partial charge >= 0.3 is 5.57 Å². The van der Waals surface area contributed by atoms with E-state index in [9.17, 15) is 23.5 Å². The van der Waals surface area contributed by atoms with Crippen LogP contribution < -0.4 is 15.0 Å². The molecule has 8 nitrogen and oxygen atoms in total. The predicted molar refractivity (Wildman–Crippen MR) is 135 cm³/mol. The molecular weight excluding hydrogens is 506 g/mol. The van der Waals surface area contributed by atoms with E-state index in [1.807, 2.05) is 30.9 Å². The molecule has 1 saturated heterocycles. The van der Waals surface area contributed by atoms with Crippen LogP contribution in [0.3, 0.4) is 0 Å².